The van der Waals surface area contributed by atoms with E-state index in [9.17, 15) is 5.26 Å². The quantitative estimate of drug-likeness (QED) is 0.477. The minimum absolute atomic E-state index is 0.209. The molecule has 0 spiro atoms. The summed E-state index contributed by atoms with van der Waals surface area (Å²) in [5.41, 5.74) is 8.54. The van der Waals surface area contributed by atoms with Crippen molar-refractivity contribution in [3.05, 3.63) is 83.4 Å². The van der Waals surface area contributed by atoms with Gasteiger partial charge >= 0.3 is 0 Å². The summed E-state index contributed by atoms with van der Waals surface area (Å²) >= 11 is 0. The van der Waals surface area contributed by atoms with E-state index in [4.69, 9.17) is 15.2 Å². The average molecular weight is 416 g/mol. The summed E-state index contributed by atoms with van der Waals surface area (Å²) in [5, 5.41) is 12.5. The maximum Gasteiger partial charge on any atom is 0.152 e. The van der Waals surface area contributed by atoms with E-state index in [0.717, 1.165) is 22.6 Å². The molecule has 0 fully saturated rings. The number of benzene rings is 3. The van der Waals surface area contributed by atoms with Crippen molar-refractivity contribution in [1.82, 2.24) is 0 Å². The van der Waals surface area contributed by atoms with Crippen LogP contribution in [0.15, 0.2) is 66.7 Å². The van der Waals surface area contributed by atoms with Gasteiger partial charge in [0.05, 0.1) is 5.69 Å². The van der Waals surface area contributed by atoms with Gasteiger partial charge in [-0.3, -0.25) is 5.73 Å². The van der Waals surface area contributed by atoms with Crippen LogP contribution in [-0.2, 0) is 5.41 Å². The molecule has 5 heteroatoms. The van der Waals surface area contributed by atoms with Crippen LogP contribution in [0.2, 0.25) is 0 Å². The van der Waals surface area contributed by atoms with Crippen molar-refractivity contribution in [2.24, 2.45) is 5.73 Å². The van der Waals surface area contributed by atoms with Gasteiger partial charge in [0.15, 0.2) is 5.72 Å². The van der Waals surface area contributed by atoms with Crippen molar-refractivity contribution in [3.63, 3.8) is 0 Å². The van der Waals surface area contributed by atoms with Gasteiger partial charge < -0.3 is 14.8 Å². The van der Waals surface area contributed by atoms with Crippen LogP contribution in [0, 0.1) is 11.3 Å². The Morgan fingerprint density at radius 1 is 0.839 bits per heavy atom. The van der Waals surface area contributed by atoms with Gasteiger partial charge in [0, 0.05) is 12.5 Å². The van der Waals surface area contributed by atoms with E-state index in [1.807, 2.05) is 50.2 Å². The van der Waals surface area contributed by atoms with Gasteiger partial charge in [-0.15, -0.1) is 0 Å². The first kappa shape index (κ1) is 22.2. The zero-order chi connectivity index (χ0) is 22.6. The predicted molar refractivity (Wildman–Crippen MR) is 125 cm³/mol. The minimum atomic E-state index is -0.717. The molecule has 0 saturated heterocycles. The molecule has 0 unspecified atom stereocenters. The summed E-state index contributed by atoms with van der Waals surface area (Å²) < 4.78 is 11.7. The van der Waals surface area contributed by atoms with Gasteiger partial charge in [0.2, 0.25) is 0 Å². The van der Waals surface area contributed by atoms with Crippen molar-refractivity contribution in [2.75, 3.05) is 12.4 Å². The molecule has 0 amide bonds. The van der Waals surface area contributed by atoms with Gasteiger partial charge in [-0.2, -0.15) is 5.26 Å². The Kier molecular flexibility index (Phi) is 6.24. The van der Waals surface area contributed by atoms with Crippen molar-refractivity contribution < 1.29 is 9.47 Å². The van der Waals surface area contributed by atoms with E-state index in [1.54, 1.807) is 13.1 Å². The van der Waals surface area contributed by atoms with Crippen LogP contribution in [0.4, 0.5) is 5.69 Å². The van der Waals surface area contributed by atoms with E-state index < -0.39 is 5.72 Å². The normalized spacial score (nSPS) is 11.5. The number of anilines is 1. The van der Waals surface area contributed by atoms with E-state index >= 15 is 0 Å². The first-order chi connectivity index (χ1) is 14.6. The largest absolute Gasteiger partial charge is 0.474 e. The molecular formula is C26H29N3O2. The highest BCUT2D eigenvalue weighted by molar-refractivity contribution is 5.64. The summed E-state index contributed by atoms with van der Waals surface area (Å²) in [6.07, 6.45) is 0. The van der Waals surface area contributed by atoms with Crippen molar-refractivity contribution in [3.8, 4) is 23.3 Å². The molecule has 0 aliphatic carbocycles. The van der Waals surface area contributed by atoms with E-state index in [0.29, 0.717) is 17.1 Å². The summed E-state index contributed by atoms with van der Waals surface area (Å²) in [6, 6.07) is 23.7. The molecule has 0 aromatic heterocycles. The Bertz CT molecular complexity index is 1070. The van der Waals surface area contributed by atoms with Crippen LogP contribution in [0.1, 0.15) is 44.4 Å². The van der Waals surface area contributed by atoms with Crippen molar-refractivity contribution in [1.29, 1.82) is 5.26 Å². The molecule has 0 saturated carbocycles. The number of ether oxygens (including phenoxy) is 2. The summed E-state index contributed by atoms with van der Waals surface area (Å²) in [6.45, 7) is 8.00. The number of nitrogens with two attached hydrogens (primary N) is 1. The molecule has 5 nitrogen and oxygen atoms in total. The number of rotatable bonds is 7. The third kappa shape index (κ3) is 5.17. The van der Waals surface area contributed by atoms with Gasteiger partial charge in [-0.1, -0.05) is 44.2 Å². The molecule has 0 radical (unpaired) electrons. The smallest absolute Gasteiger partial charge is 0.152 e. The number of nitriles is 1. The van der Waals surface area contributed by atoms with Crippen LogP contribution in [0.3, 0.4) is 0 Å². The van der Waals surface area contributed by atoms with Crippen molar-refractivity contribution in [2.45, 2.75) is 38.8 Å². The predicted octanol–water partition coefficient (Wildman–Crippen LogP) is 5.79. The summed E-state index contributed by atoms with van der Waals surface area (Å²) in [4.78, 5) is 0. The Balaban J connectivity index is 1.80. The fourth-order valence-electron chi connectivity index (χ4n) is 3.42. The number of hydrogen-bond donors (Lipinski definition) is 2. The van der Waals surface area contributed by atoms with Crippen LogP contribution in [0.5, 0.6) is 17.2 Å². The highest BCUT2D eigenvalue weighted by atomic mass is 16.5. The lowest BCUT2D eigenvalue weighted by molar-refractivity contribution is 0.117. The lowest BCUT2D eigenvalue weighted by Gasteiger charge is -2.27. The third-order valence-electron chi connectivity index (χ3n) is 5.17. The molecule has 3 rings (SSSR count). The second-order valence-corrected chi connectivity index (χ2v) is 8.52. The second kappa shape index (κ2) is 8.71. The Morgan fingerprint density at radius 3 is 1.87 bits per heavy atom. The van der Waals surface area contributed by atoms with E-state index in [-0.39, 0.29) is 5.41 Å². The Morgan fingerprint density at radius 2 is 1.39 bits per heavy atom. The molecule has 0 atom stereocenters. The maximum atomic E-state index is 9.48. The monoisotopic (exact) mass is 415 g/mol. The Hall–Kier alpha value is -3.49. The van der Waals surface area contributed by atoms with Gasteiger partial charge in [0.1, 0.15) is 28.9 Å². The molecule has 0 heterocycles. The van der Waals surface area contributed by atoms with Crippen molar-refractivity contribution >= 4 is 5.69 Å². The molecule has 31 heavy (non-hydrogen) atoms. The summed E-state index contributed by atoms with van der Waals surface area (Å²) in [7, 11) is 1.78. The molecule has 3 aromatic carbocycles. The molecule has 0 bridgehead atoms. The minimum Gasteiger partial charge on any atom is -0.474 e. The molecule has 3 aromatic rings. The highest BCUT2D eigenvalue weighted by Gasteiger charge is 2.23. The number of hydrogen-bond acceptors (Lipinski definition) is 5. The standard InChI is InChI=1S/C26H29N3O2/c1-25(2,19-11-15-21(16-12-19)31-26(3,4)28)18-9-13-20(14-10-18)30-24-8-6-7-23(29-5)22(24)17-27/h6-16,29H,28H2,1-5H3. The molecule has 0 aliphatic heterocycles. The summed E-state index contributed by atoms with van der Waals surface area (Å²) in [5.74, 6) is 1.95. The van der Waals surface area contributed by atoms with Gasteiger partial charge in [0.25, 0.3) is 0 Å². The average Bonchev–Trinajstić information content (AvgIpc) is 2.73. The fourth-order valence-corrected chi connectivity index (χ4v) is 3.42. The SMILES string of the molecule is CNc1cccc(Oc2ccc(C(C)(C)c3ccc(OC(C)(C)N)cc3)cc2)c1C#N. The van der Waals surface area contributed by atoms with Crippen LogP contribution < -0.4 is 20.5 Å². The maximum absolute atomic E-state index is 9.48. The fraction of sp³-hybridized carbons (Fsp3) is 0.269. The molecule has 160 valence electrons. The van der Waals surface area contributed by atoms with Crippen LogP contribution in [0.25, 0.3) is 0 Å². The number of nitrogens with zero attached hydrogens (tertiary/aromatic N) is 1. The second-order valence-electron chi connectivity index (χ2n) is 8.52. The lowest BCUT2D eigenvalue weighted by Crippen LogP contribution is -2.38. The first-order valence-electron chi connectivity index (χ1n) is 10.2. The van der Waals surface area contributed by atoms with E-state index in [1.165, 1.54) is 0 Å². The molecule has 3 N–H and O–H groups in total. The van der Waals surface area contributed by atoms with Crippen LogP contribution in [-0.4, -0.2) is 12.8 Å². The van der Waals surface area contributed by atoms with Gasteiger partial charge in [-0.05, 0) is 61.4 Å². The Labute approximate surface area is 184 Å². The zero-order valence-corrected chi connectivity index (χ0v) is 18.7. The van der Waals surface area contributed by atoms with Crippen LogP contribution >= 0.6 is 0 Å². The zero-order valence-electron chi connectivity index (χ0n) is 18.7. The molecule has 0 aliphatic rings. The topological polar surface area (TPSA) is 80.3 Å². The lowest BCUT2D eigenvalue weighted by atomic mass is 9.78. The first-order valence-corrected chi connectivity index (χ1v) is 10.2. The van der Waals surface area contributed by atoms with E-state index in [2.05, 4.69) is 49.5 Å². The number of nitrogens with one attached hydrogen (secondary N) is 1. The molecular weight excluding hydrogens is 386 g/mol. The van der Waals surface area contributed by atoms with Gasteiger partial charge in [-0.25, -0.2) is 0 Å². The third-order valence-corrected chi connectivity index (χ3v) is 5.17. The highest BCUT2D eigenvalue weighted by Crippen LogP contribution is 2.35.